The number of phenols is 1. The van der Waals surface area contributed by atoms with E-state index < -0.39 is 0 Å². The molecule has 0 aliphatic heterocycles. The van der Waals surface area contributed by atoms with Gasteiger partial charge >= 0.3 is 6.01 Å². The van der Waals surface area contributed by atoms with Crippen molar-refractivity contribution in [1.82, 2.24) is 9.97 Å². The van der Waals surface area contributed by atoms with E-state index in [1.54, 1.807) is 18.2 Å². The van der Waals surface area contributed by atoms with Gasteiger partial charge in [0.2, 0.25) is 0 Å². The Morgan fingerprint density at radius 3 is 2.62 bits per heavy atom. The van der Waals surface area contributed by atoms with E-state index in [1.165, 1.54) is 12.4 Å². The molecule has 1 aromatic carbocycles. The van der Waals surface area contributed by atoms with Gasteiger partial charge in [-0.05, 0) is 28.1 Å². The highest BCUT2D eigenvalue weighted by molar-refractivity contribution is 9.10. The van der Waals surface area contributed by atoms with Crippen LogP contribution in [-0.2, 0) is 0 Å². The molecule has 6 heteroatoms. The number of nitrogens with zero attached hydrogens (tertiary/aromatic N) is 2. The zero-order valence-electron chi connectivity index (χ0n) is 7.89. The summed E-state index contributed by atoms with van der Waals surface area (Å²) >= 11 is 8.81. The molecular weight excluding hydrogens is 295 g/mol. The minimum Gasteiger partial charge on any atom is -0.503 e. The number of rotatable bonds is 2. The third-order valence-electron chi connectivity index (χ3n) is 1.75. The summed E-state index contributed by atoms with van der Waals surface area (Å²) < 4.78 is 5.82. The van der Waals surface area contributed by atoms with E-state index in [9.17, 15) is 5.11 Å². The van der Waals surface area contributed by atoms with Gasteiger partial charge in [-0.25, -0.2) is 9.97 Å². The molecule has 0 unspecified atom stereocenters. The Bertz CT molecular complexity index is 505. The molecule has 0 bridgehead atoms. The summed E-state index contributed by atoms with van der Waals surface area (Å²) in [4.78, 5) is 7.71. The molecule has 0 radical (unpaired) electrons. The van der Waals surface area contributed by atoms with E-state index in [1.807, 2.05) is 0 Å². The highest BCUT2D eigenvalue weighted by Crippen LogP contribution is 2.35. The van der Waals surface area contributed by atoms with Crippen LogP contribution in [0.1, 0.15) is 0 Å². The van der Waals surface area contributed by atoms with Gasteiger partial charge in [-0.2, -0.15) is 0 Å². The predicted molar refractivity (Wildman–Crippen MR) is 62.9 cm³/mol. The minimum atomic E-state index is 0.000972. The van der Waals surface area contributed by atoms with Gasteiger partial charge in [-0.1, -0.05) is 17.7 Å². The second-order valence-corrected chi connectivity index (χ2v) is 4.16. The minimum absolute atomic E-state index is 0.000972. The normalized spacial score (nSPS) is 10.1. The lowest BCUT2D eigenvalue weighted by Gasteiger charge is -2.06. The molecule has 1 N–H and O–H groups in total. The monoisotopic (exact) mass is 300 g/mol. The molecule has 0 spiro atoms. The molecule has 1 aromatic heterocycles. The fourth-order valence-corrected chi connectivity index (χ4v) is 1.47. The Hall–Kier alpha value is -1.33. The van der Waals surface area contributed by atoms with Crippen molar-refractivity contribution >= 4 is 27.5 Å². The van der Waals surface area contributed by atoms with Crippen molar-refractivity contribution in [2.75, 3.05) is 0 Å². The molecule has 2 aromatic rings. The van der Waals surface area contributed by atoms with Crippen LogP contribution in [0.15, 0.2) is 35.1 Å². The molecule has 0 fully saturated rings. The first kappa shape index (κ1) is 11.2. The molecule has 0 saturated heterocycles. The molecular formula is C10H6BrClN2O2. The van der Waals surface area contributed by atoms with Crippen LogP contribution in [0, 0.1) is 0 Å². The van der Waals surface area contributed by atoms with Crippen molar-refractivity contribution in [3.63, 3.8) is 0 Å². The molecule has 0 saturated carbocycles. The van der Waals surface area contributed by atoms with Crippen molar-refractivity contribution in [1.29, 1.82) is 0 Å². The van der Waals surface area contributed by atoms with Crippen LogP contribution in [0.5, 0.6) is 17.5 Å². The van der Waals surface area contributed by atoms with Crippen molar-refractivity contribution in [3.05, 3.63) is 40.1 Å². The Kier molecular flexibility index (Phi) is 3.26. The fourth-order valence-electron chi connectivity index (χ4n) is 1.03. The van der Waals surface area contributed by atoms with Crippen LogP contribution >= 0.6 is 27.5 Å². The zero-order valence-corrected chi connectivity index (χ0v) is 10.2. The smallest absolute Gasteiger partial charge is 0.322 e. The maximum atomic E-state index is 9.66. The van der Waals surface area contributed by atoms with Gasteiger partial charge < -0.3 is 9.84 Å². The van der Waals surface area contributed by atoms with E-state index in [4.69, 9.17) is 16.3 Å². The van der Waals surface area contributed by atoms with Crippen molar-refractivity contribution in [2.45, 2.75) is 0 Å². The van der Waals surface area contributed by atoms with Gasteiger partial charge in [0.05, 0.1) is 21.9 Å². The van der Waals surface area contributed by atoms with Gasteiger partial charge in [-0.15, -0.1) is 0 Å². The third-order valence-corrected chi connectivity index (χ3v) is 2.58. The number of hydrogen-bond acceptors (Lipinski definition) is 4. The average molecular weight is 302 g/mol. The van der Waals surface area contributed by atoms with E-state index in [2.05, 4.69) is 25.9 Å². The van der Waals surface area contributed by atoms with Gasteiger partial charge in [0, 0.05) is 0 Å². The number of ether oxygens (including phenoxy) is 1. The number of halogens is 2. The Balaban J connectivity index is 2.27. The lowest BCUT2D eigenvalue weighted by Crippen LogP contribution is -1.91. The second kappa shape index (κ2) is 4.67. The fraction of sp³-hybridized carbons (Fsp3) is 0. The van der Waals surface area contributed by atoms with E-state index in [-0.39, 0.29) is 17.5 Å². The standard InChI is InChI=1S/C10H6BrClN2O2/c11-7-2-1-3-8(9(7)15)16-10-13-4-6(12)5-14-10/h1-5,15H. The van der Waals surface area contributed by atoms with E-state index >= 15 is 0 Å². The third kappa shape index (κ3) is 2.43. The number of phenolic OH excluding ortho intramolecular Hbond substituents is 1. The van der Waals surface area contributed by atoms with Crippen molar-refractivity contribution in [2.24, 2.45) is 0 Å². The summed E-state index contributed by atoms with van der Waals surface area (Å²) in [6.45, 7) is 0. The molecule has 1 heterocycles. The topological polar surface area (TPSA) is 55.2 Å². The number of aromatic nitrogens is 2. The lowest BCUT2D eigenvalue weighted by molar-refractivity contribution is 0.390. The van der Waals surface area contributed by atoms with Crippen LogP contribution in [0.2, 0.25) is 5.02 Å². The summed E-state index contributed by atoms with van der Waals surface area (Å²) in [6.07, 6.45) is 2.83. The molecule has 4 nitrogen and oxygen atoms in total. The number of benzene rings is 1. The maximum absolute atomic E-state index is 9.66. The number of hydrogen-bond donors (Lipinski definition) is 1. The molecule has 0 amide bonds. The maximum Gasteiger partial charge on any atom is 0.322 e. The van der Waals surface area contributed by atoms with Gasteiger partial charge in [0.1, 0.15) is 0 Å². The lowest BCUT2D eigenvalue weighted by atomic mass is 10.3. The first-order valence-electron chi connectivity index (χ1n) is 4.29. The SMILES string of the molecule is Oc1c(Br)cccc1Oc1ncc(Cl)cn1. The first-order valence-corrected chi connectivity index (χ1v) is 5.47. The van der Waals surface area contributed by atoms with Crippen molar-refractivity contribution in [3.8, 4) is 17.5 Å². The number of aromatic hydroxyl groups is 1. The largest absolute Gasteiger partial charge is 0.503 e. The molecule has 16 heavy (non-hydrogen) atoms. The van der Waals surface area contributed by atoms with Crippen LogP contribution in [0.25, 0.3) is 0 Å². The average Bonchev–Trinajstić information content (AvgIpc) is 2.28. The summed E-state index contributed by atoms with van der Waals surface area (Å²) in [5.41, 5.74) is 0. The molecule has 0 atom stereocenters. The van der Waals surface area contributed by atoms with Gasteiger partial charge in [0.25, 0.3) is 0 Å². The second-order valence-electron chi connectivity index (χ2n) is 2.87. The molecule has 82 valence electrons. The van der Waals surface area contributed by atoms with E-state index in [0.29, 0.717) is 9.50 Å². The quantitative estimate of drug-likeness (QED) is 0.924. The summed E-state index contributed by atoms with van der Waals surface area (Å²) in [5.74, 6) is 0.276. The van der Waals surface area contributed by atoms with Crippen LogP contribution < -0.4 is 4.74 Å². The highest BCUT2D eigenvalue weighted by Gasteiger charge is 2.08. The summed E-state index contributed by atoms with van der Waals surface area (Å²) in [5, 5.41) is 10.1. The molecule has 2 rings (SSSR count). The zero-order chi connectivity index (χ0) is 11.5. The van der Waals surface area contributed by atoms with Gasteiger partial charge in [-0.3, -0.25) is 0 Å². The summed E-state index contributed by atoms with van der Waals surface area (Å²) in [6, 6.07) is 5.16. The Labute approximate surface area is 105 Å². The van der Waals surface area contributed by atoms with Crippen LogP contribution in [0.3, 0.4) is 0 Å². The summed E-state index contributed by atoms with van der Waals surface area (Å²) in [7, 11) is 0. The number of para-hydroxylation sites is 1. The van der Waals surface area contributed by atoms with Crippen molar-refractivity contribution < 1.29 is 9.84 Å². The molecule has 0 aliphatic carbocycles. The predicted octanol–water partition coefficient (Wildman–Crippen LogP) is 3.39. The Morgan fingerprint density at radius 1 is 1.25 bits per heavy atom. The molecule has 0 aliphatic rings. The van der Waals surface area contributed by atoms with E-state index in [0.717, 1.165) is 0 Å². The highest BCUT2D eigenvalue weighted by atomic mass is 79.9. The first-order chi connectivity index (χ1) is 7.66. The van der Waals surface area contributed by atoms with Gasteiger partial charge in [0.15, 0.2) is 11.5 Å². The van der Waals surface area contributed by atoms with Crippen LogP contribution in [-0.4, -0.2) is 15.1 Å². The Morgan fingerprint density at radius 2 is 1.94 bits per heavy atom. The van der Waals surface area contributed by atoms with Crippen LogP contribution in [0.4, 0.5) is 0 Å².